The molecule has 0 aromatic carbocycles. The van der Waals surface area contributed by atoms with Crippen molar-refractivity contribution in [1.82, 2.24) is 19.5 Å². The molecule has 0 spiro atoms. The number of fused-ring (bicyclic) bond motifs is 1. The summed E-state index contributed by atoms with van der Waals surface area (Å²) in [4.78, 5) is 32.8. The van der Waals surface area contributed by atoms with E-state index >= 15 is 0 Å². The second-order valence-corrected chi connectivity index (χ2v) is 2.62. The third kappa shape index (κ3) is 1.27. The molecule has 2 aromatic heterocycles. The molecule has 0 aliphatic carbocycles. The summed E-state index contributed by atoms with van der Waals surface area (Å²) >= 11 is 0. The SMILES string of the molecule is Nc1nc(=O)c2nccnc2n1C(=O)O. The molecule has 0 radical (unpaired) electrons. The van der Waals surface area contributed by atoms with E-state index in [0.717, 1.165) is 0 Å². The zero-order valence-electron chi connectivity index (χ0n) is 7.28. The molecule has 3 N–H and O–H groups in total. The van der Waals surface area contributed by atoms with Crippen molar-refractivity contribution in [3.63, 3.8) is 0 Å². The molecule has 0 fully saturated rings. The molecule has 0 unspecified atom stereocenters. The fourth-order valence-corrected chi connectivity index (χ4v) is 1.15. The van der Waals surface area contributed by atoms with Crippen LogP contribution in [0, 0.1) is 0 Å². The van der Waals surface area contributed by atoms with Gasteiger partial charge in [0.2, 0.25) is 5.95 Å². The number of hydrogen-bond donors (Lipinski definition) is 2. The van der Waals surface area contributed by atoms with Crippen LogP contribution in [-0.2, 0) is 0 Å². The Morgan fingerprint density at radius 1 is 1.40 bits per heavy atom. The van der Waals surface area contributed by atoms with E-state index < -0.39 is 17.6 Å². The molecular weight excluding hydrogens is 202 g/mol. The van der Waals surface area contributed by atoms with Crippen molar-refractivity contribution in [3.8, 4) is 0 Å². The molecule has 2 rings (SSSR count). The van der Waals surface area contributed by atoms with E-state index in [1.807, 2.05) is 0 Å². The Balaban J connectivity index is 3.03. The van der Waals surface area contributed by atoms with Gasteiger partial charge in [-0.15, -0.1) is 0 Å². The number of anilines is 1. The third-order valence-corrected chi connectivity index (χ3v) is 1.73. The normalized spacial score (nSPS) is 10.4. The van der Waals surface area contributed by atoms with Crippen molar-refractivity contribution in [3.05, 3.63) is 22.7 Å². The average Bonchev–Trinajstić information content (AvgIpc) is 2.17. The van der Waals surface area contributed by atoms with Gasteiger partial charge in [-0.05, 0) is 0 Å². The maximum atomic E-state index is 11.3. The van der Waals surface area contributed by atoms with E-state index in [1.54, 1.807) is 0 Å². The lowest BCUT2D eigenvalue weighted by atomic mass is 10.5. The van der Waals surface area contributed by atoms with Crippen LogP contribution in [0.4, 0.5) is 10.7 Å². The predicted molar refractivity (Wildman–Crippen MR) is 49.4 cm³/mol. The van der Waals surface area contributed by atoms with Crippen LogP contribution in [0.3, 0.4) is 0 Å². The van der Waals surface area contributed by atoms with Gasteiger partial charge in [-0.3, -0.25) is 4.79 Å². The van der Waals surface area contributed by atoms with Crippen LogP contribution in [-0.4, -0.2) is 30.7 Å². The molecule has 0 bridgehead atoms. The summed E-state index contributed by atoms with van der Waals surface area (Å²) in [5, 5.41) is 8.83. The summed E-state index contributed by atoms with van der Waals surface area (Å²) in [6, 6.07) is 0. The quantitative estimate of drug-likeness (QED) is 0.584. The van der Waals surface area contributed by atoms with Crippen LogP contribution in [0.15, 0.2) is 17.2 Å². The highest BCUT2D eigenvalue weighted by Gasteiger charge is 2.14. The maximum Gasteiger partial charge on any atom is 0.420 e. The molecule has 0 saturated heterocycles. The molecule has 15 heavy (non-hydrogen) atoms. The lowest BCUT2D eigenvalue weighted by Gasteiger charge is -2.05. The highest BCUT2D eigenvalue weighted by Crippen LogP contribution is 2.06. The van der Waals surface area contributed by atoms with Crippen LogP contribution in [0.1, 0.15) is 0 Å². The first-order chi connectivity index (χ1) is 7.11. The van der Waals surface area contributed by atoms with E-state index in [0.29, 0.717) is 4.57 Å². The minimum absolute atomic E-state index is 0.123. The molecule has 2 aromatic rings. The van der Waals surface area contributed by atoms with Crippen LogP contribution >= 0.6 is 0 Å². The van der Waals surface area contributed by atoms with Crippen molar-refractivity contribution in [1.29, 1.82) is 0 Å². The van der Waals surface area contributed by atoms with Crippen molar-refractivity contribution in [2.45, 2.75) is 0 Å². The van der Waals surface area contributed by atoms with Crippen LogP contribution in [0.2, 0.25) is 0 Å². The minimum Gasteiger partial charge on any atom is -0.464 e. The second kappa shape index (κ2) is 3.01. The van der Waals surface area contributed by atoms with E-state index in [-0.39, 0.29) is 11.2 Å². The summed E-state index contributed by atoms with van der Waals surface area (Å²) in [5.74, 6) is -0.430. The molecule has 0 aliphatic heterocycles. The fourth-order valence-electron chi connectivity index (χ4n) is 1.15. The Morgan fingerprint density at radius 2 is 2.07 bits per heavy atom. The molecule has 0 aliphatic rings. The van der Waals surface area contributed by atoms with Gasteiger partial charge in [0.15, 0.2) is 11.2 Å². The van der Waals surface area contributed by atoms with Gasteiger partial charge in [0, 0.05) is 12.4 Å². The highest BCUT2D eigenvalue weighted by atomic mass is 16.4. The Morgan fingerprint density at radius 3 is 2.73 bits per heavy atom. The summed E-state index contributed by atoms with van der Waals surface area (Å²) in [5.41, 5.74) is 4.34. The lowest BCUT2D eigenvalue weighted by molar-refractivity contribution is 0.197. The predicted octanol–water partition coefficient (Wildman–Crippen LogP) is -0.705. The van der Waals surface area contributed by atoms with Gasteiger partial charge in [-0.1, -0.05) is 0 Å². The third-order valence-electron chi connectivity index (χ3n) is 1.73. The molecule has 2 heterocycles. The van der Waals surface area contributed by atoms with Gasteiger partial charge < -0.3 is 10.8 Å². The number of carboxylic acid groups (broad SMARTS) is 1. The zero-order chi connectivity index (χ0) is 11.0. The molecule has 8 nitrogen and oxygen atoms in total. The number of nitrogen functional groups attached to an aromatic ring is 1. The zero-order valence-corrected chi connectivity index (χ0v) is 7.28. The number of rotatable bonds is 0. The van der Waals surface area contributed by atoms with Crippen molar-refractivity contribution in [2.24, 2.45) is 0 Å². The highest BCUT2D eigenvalue weighted by molar-refractivity contribution is 5.84. The fraction of sp³-hybridized carbons (Fsp3) is 0. The van der Waals surface area contributed by atoms with Gasteiger partial charge in [0.05, 0.1) is 0 Å². The first-order valence-corrected chi connectivity index (χ1v) is 3.84. The Labute approximate surface area is 82.0 Å². The number of nitrogens with two attached hydrogens (primary N) is 1. The van der Waals surface area contributed by atoms with E-state index in [4.69, 9.17) is 10.8 Å². The Hall–Kier alpha value is -2.51. The topological polar surface area (TPSA) is 124 Å². The smallest absolute Gasteiger partial charge is 0.420 e. The minimum atomic E-state index is -1.37. The second-order valence-electron chi connectivity index (χ2n) is 2.62. The van der Waals surface area contributed by atoms with E-state index in [2.05, 4.69) is 15.0 Å². The first-order valence-electron chi connectivity index (χ1n) is 3.84. The summed E-state index contributed by atoms with van der Waals surface area (Å²) in [6.07, 6.45) is 1.17. The maximum absolute atomic E-state index is 11.3. The molecule has 0 atom stereocenters. The largest absolute Gasteiger partial charge is 0.464 e. The first kappa shape index (κ1) is 9.06. The van der Waals surface area contributed by atoms with Crippen molar-refractivity contribution >= 4 is 23.2 Å². The summed E-state index contributed by atoms with van der Waals surface area (Å²) < 4.78 is 0.601. The van der Waals surface area contributed by atoms with Gasteiger partial charge in [0.25, 0.3) is 0 Å². The number of nitrogens with zero attached hydrogens (tertiary/aromatic N) is 4. The molecule has 76 valence electrons. The van der Waals surface area contributed by atoms with E-state index in [9.17, 15) is 9.59 Å². The van der Waals surface area contributed by atoms with Gasteiger partial charge >= 0.3 is 11.7 Å². The number of carbonyl (C=O) groups is 1. The van der Waals surface area contributed by atoms with Crippen molar-refractivity contribution < 1.29 is 9.90 Å². The van der Waals surface area contributed by atoms with Gasteiger partial charge in [-0.2, -0.15) is 9.55 Å². The van der Waals surface area contributed by atoms with Crippen molar-refractivity contribution in [2.75, 3.05) is 5.73 Å². The molecular formula is C7H5N5O3. The number of hydrogen-bond acceptors (Lipinski definition) is 6. The molecule has 0 saturated carbocycles. The van der Waals surface area contributed by atoms with E-state index in [1.165, 1.54) is 12.4 Å². The molecule has 8 heteroatoms. The standard InChI is InChI=1S/C7H5N5O3/c8-6-11-5(13)3-4(10-2-1-9-3)12(6)7(14)15/h1-2H,(H,14,15)(H2,8,11,13). The average molecular weight is 207 g/mol. The van der Waals surface area contributed by atoms with Gasteiger partial charge in [0.1, 0.15) is 0 Å². The molecule has 0 amide bonds. The van der Waals surface area contributed by atoms with Crippen LogP contribution in [0.25, 0.3) is 11.2 Å². The number of aromatic nitrogens is 4. The Kier molecular flexibility index (Phi) is 1.82. The monoisotopic (exact) mass is 207 g/mol. The van der Waals surface area contributed by atoms with Gasteiger partial charge in [-0.25, -0.2) is 14.8 Å². The summed E-state index contributed by atoms with van der Waals surface area (Å²) in [7, 11) is 0. The summed E-state index contributed by atoms with van der Waals surface area (Å²) in [6.45, 7) is 0. The Bertz CT molecular complexity index is 605. The van der Waals surface area contributed by atoms with Crippen LogP contribution < -0.4 is 11.3 Å². The lowest BCUT2D eigenvalue weighted by Crippen LogP contribution is -2.23. The van der Waals surface area contributed by atoms with Crippen LogP contribution in [0.5, 0.6) is 0 Å².